The lowest BCUT2D eigenvalue weighted by Crippen LogP contribution is -2.41. The van der Waals surface area contributed by atoms with Crippen molar-refractivity contribution in [2.45, 2.75) is 0 Å². The second-order valence-corrected chi connectivity index (χ2v) is 2.22. The van der Waals surface area contributed by atoms with E-state index in [0.29, 0.717) is 10.7 Å². The molecular formula is C7H6N2O2. The van der Waals surface area contributed by atoms with Gasteiger partial charge in [0.25, 0.3) is 0 Å². The Labute approximate surface area is 62.6 Å². The first-order chi connectivity index (χ1) is 5.38. The van der Waals surface area contributed by atoms with Crippen LogP contribution in [-0.4, -0.2) is 6.73 Å². The smallest absolute Gasteiger partial charge is 0.321 e. The number of rotatable bonds is 0. The molecule has 0 unspecified atom stereocenters. The molecule has 0 saturated carbocycles. The van der Waals surface area contributed by atoms with E-state index in [2.05, 4.69) is 9.99 Å². The van der Waals surface area contributed by atoms with Gasteiger partial charge in [-0.1, -0.05) is 17.3 Å². The lowest BCUT2D eigenvalue weighted by Gasteiger charge is -2.04. The van der Waals surface area contributed by atoms with Crippen molar-refractivity contribution in [1.82, 2.24) is 4.74 Å². The van der Waals surface area contributed by atoms with Crippen LogP contribution in [0, 0.1) is 5.21 Å². The number of hydrogen-bond donors (Lipinski definition) is 0. The summed E-state index contributed by atoms with van der Waals surface area (Å²) in [4.78, 5) is 4.65. The predicted molar refractivity (Wildman–Crippen MR) is 37.8 cm³/mol. The van der Waals surface area contributed by atoms with Gasteiger partial charge in [0.1, 0.15) is 0 Å². The first kappa shape index (κ1) is 6.15. The Morgan fingerprint density at radius 2 is 2.27 bits per heavy atom. The lowest BCUT2D eigenvalue weighted by molar-refractivity contribution is 0.0998. The zero-order valence-electron chi connectivity index (χ0n) is 5.73. The molecule has 0 atom stereocenters. The third-order valence-electron chi connectivity index (χ3n) is 1.49. The molecule has 56 valence electrons. The van der Waals surface area contributed by atoms with Crippen molar-refractivity contribution < 1.29 is 4.84 Å². The topological polar surface area (TPSA) is 47.7 Å². The van der Waals surface area contributed by atoms with Gasteiger partial charge >= 0.3 is 6.73 Å². The van der Waals surface area contributed by atoms with Crippen LogP contribution in [0.4, 0.5) is 0 Å². The molecule has 4 nitrogen and oxygen atoms in total. The maximum Gasteiger partial charge on any atom is 0.321 e. The summed E-state index contributed by atoms with van der Waals surface area (Å²) in [5.74, 6) is 0. The van der Waals surface area contributed by atoms with Crippen LogP contribution in [0.1, 0.15) is 0 Å². The van der Waals surface area contributed by atoms with Crippen molar-refractivity contribution in [2.75, 3.05) is 6.73 Å². The largest absolute Gasteiger partial charge is 0.621 e. The molecule has 0 N–H and O–H groups in total. The Hall–Kier alpha value is -1.58. The normalized spacial score (nSPS) is 14.7. The average Bonchev–Trinajstić information content (AvgIpc) is 2.06. The Kier molecular flexibility index (Phi) is 1.25. The maximum absolute atomic E-state index is 11.0. The summed E-state index contributed by atoms with van der Waals surface area (Å²) in [6.45, 7) is -0.0169. The van der Waals surface area contributed by atoms with Crippen molar-refractivity contribution in [2.24, 2.45) is 5.16 Å². The third-order valence-corrected chi connectivity index (χ3v) is 1.49. The molecule has 2 rings (SSSR count). The molecule has 0 aliphatic carbocycles. The van der Waals surface area contributed by atoms with Gasteiger partial charge in [-0.15, -0.1) is 0 Å². The van der Waals surface area contributed by atoms with E-state index in [0.717, 1.165) is 4.74 Å². The van der Waals surface area contributed by atoms with Crippen LogP contribution >= 0.6 is 0 Å². The van der Waals surface area contributed by atoms with Crippen LogP contribution in [0.15, 0.2) is 29.4 Å². The van der Waals surface area contributed by atoms with Gasteiger partial charge in [0.05, 0.1) is 0 Å². The standard InChI is InChI=1S/C7H6N2O2/c10-9-5-11-8-6-3-1-2-4-7(6)9/h1-4H,5H2. The fourth-order valence-corrected chi connectivity index (χ4v) is 0.973. The molecule has 0 fully saturated rings. The van der Waals surface area contributed by atoms with Gasteiger partial charge in [-0.25, -0.2) is 0 Å². The molecule has 1 aromatic carbocycles. The first-order valence-corrected chi connectivity index (χ1v) is 3.24. The van der Waals surface area contributed by atoms with E-state index in [4.69, 9.17) is 0 Å². The van der Waals surface area contributed by atoms with Gasteiger partial charge in [0.15, 0.2) is 5.36 Å². The third kappa shape index (κ3) is 0.920. The summed E-state index contributed by atoms with van der Waals surface area (Å²) in [7, 11) is 0. The lowest BCUT2D eigenvalue weighted by atomic mass is 10.3. The number of nitrogens with zero attached hydrogens (tertiary/aromatic N) is 2. The molecule has 0 spiro atoms. The maximum atomic E-state index is 11.0. The fourth-order valence-electron chi connectivity index (χ4n) is 0.973. The van der Waals surface area contributed by atoms with E-state index in [1.807, 2.05) is 6.07 Å². The van der Waals surface area contributed by atoms with Gasteiger partial charge in [-0.3, -0.25) is 0 Å². The second-order valence-electron chi connectivity index (χ2n) is 2.22. The van der Waals surface area contributed by atoms with Crippen molar-refractivity contribution in [3.8, 4) is 0 Å². The van der Waals surface area contributed by atoms with Crippen LogP contribution in [0.5, 0.6) is 0 Å². The van der Waals surface area contributed by atoms with Gasteiger partial charge in [-0.05, 0) is 6.07 Å². The molecular weight excluding hydrogens is 144 g/mol. The highest BCUT2D eigenvalue weighted by Gasteiger charge is 2.03. The number of fused-ring (bicyclic) bond motifs is 1. The minimum absolute atomic E-state index is 0.0169. The second kappa shape index (κ2) is 2.23. The molecule has 11 heavy (non-hydrogen) atoms. The van der Waals surface area contributed by atoms with E-state index >= 15 is 0 Å². The summed E-state index contributed by atoms with van der Waals surface area (Å²) in [6.07, 6.45) is 0. The molecule has 0 radical (unpaired) electrons. The zero-order valence-corrected chi connectivity index (χ0v) is 5.73. The van der Waals surface area contributed by atoms with Crippen LogP contribution in [0.2, 0.25) is 0 Å². The highest BCUT2D eigenvalue weighted by Crippen LogP contribution is 1.78. The SMILES string of the molecule is [O-][N+]1=c2ccccc2=NOC1. The number of benzene rings is 1. The highest BCUT2D eigenvalue weighted by atomic mass is 16.7. The van der Waals surface area contributed by atoms with Crippen molar-refractivity contribution >= 4 is 0 Å². The summed E-state index contributed by atoms with van der Waals surface area (Å²) in [6, 6.07) is 7.06. The highest BCUT2D eigenvalue weighted by molar-refractivity contribution is 5.01. The van der Waals surface area contributed by atoms with Crippen molar-refractivity contribution in [1.29, 1.82) is 0 Å². The van der Waals surface area contributed by atoms with Crippen molar-refractivity contribution in [3.05, 3.63) is 40.2 Å². The number of hydrogen-bond acceptors (Lipinski definition) is 3. The van der Waals surface area contributed by atoms with Crippen LogP contribution in [0.3, 0.4) is 0 Å². The van der Waals surface area contributed by atoms with Crippen molar-refractivity contribution in [3.63, 3.8) is 0 Å². The van der Waals surface area contributed by atoms with E-state index in [-0.39, 0.29) is 6.73 Å². The van der Waals surface area contributed by atoms with Gasteiger partial charge in [0.2, 0.25) is 5.36 Å². The van der Waals surface area contributed by atoms with Gasteiger partial charge in [0, 0.05) is 6.07 Å². The number of hydroxylamine groups is 1. The Bertz CT molecular complexity index is 386. The molecule has 0 amide bonds. The Morgan fingerprint density at radius 1 is 1.45 bits per heavy atom. The predicted octanol–water partition coefficient (Wildman–Crippen LogP) is -0.802. The summed E-state index contributed by atoms with van der Waals surface area (Å²) in [5.41, 5.74) is 0. The average molecular weight is 150 g/mol. The summed E-state index contributed by atoms with van der Waals surface area (Å²) >= 11 is 0. The monoisotopic (exact) mass is 150 g/mol. The molecule has 0 aromatic heterocycles. The van der Waals surface area contributed by atoms with E-state index in [1.54, 1.807) is 18.2 Å². The minimum atomic E-state index is -0.0169. The first-order valence-electron chi connectivity index (χ1n) is 3.24. The van der Waals surface area contributed by atoms with E-state index < -0.39 is 0 Å². The molecule has 1 aliphatic rings. The molecule has 1 aliphatic heterocycles. The zero-order chi connectivity index (χ0) is 7.68. The molecule has 1 heterocycles. The quantitative estimate of drug-likeness (QED) is 0.359. The Morgan fingerprint density at radius 3 is 3.09 bits per heavy atom. The summed E-state index contributed by atoms with van der Waals surface area (Å²) in [5, 5.41) is 15.9. The molecule has 0 saturated heterocycles. The van der Waals surface area contributed by atoms with Crippen LogP contribution in [-0.2, 0) is 4.84 Å². The van der Waals surface area contributed by atoms with Crippen LogP contribution < -0.4 is 15.5 Å². The minimum Gasteiger partial charge on any atom is -0.621 e. The van der Waals surface area contributed by atoms with Gasteiger partial charge < -0.3 is 10.0 Å². The molecule has 0 bridgehead atoms. The Balaban J connectivity index is 2.89. The summed E-state index contributed by atoms with van der Waals surface area (Å²) < 4.78 is 0.766. The van der Waals surface area contributed by atoms with E-state index in [9.17, 15) is 5.21 Å². The number of para-hydroxylation sites is 1. The van der Waals surface area contributed by atoms with E-state index in [1.165, 1.54) is 0 Å². The molecule has 4 heteroatoms. The van der Waals surface area contributed by atoms with Gasteiger partial charge in [-0.2, -0.15) is 4.74 Å². The molecule has 1 aromatic rings. The fraction of sp³-hybridized carbons (Fsp3) is 0.143. The van der Waals surface area contributed by atoms with Crippen LogP contribution in [0.25, 0.3) is 0 Å².